The molecule has 0 spiro atoms. The predicted octanol–water partition coefficient (Wildman–Crippen LogP) is 2.87. The second-order valence-electron chi connectivity index (χ2n) is 7.06. The lowest BCUT2D eigenvalue weighted by atomic mass is 10.1. The Bertz CT molecular complexity index is 818. The van der Waals surface area contributed by atoms with Crippen molar-refractivity contribution in [3.8, 4) is 11.5 Å². The van der Waals surface area contributed by atoms with E-state index >= 15 is 0 Å². The highest BCUT2D eigenvalue weighted by molar-refractivity contribution is 5.97. The number of benzene rings is 1. The molecule has 7 nitrogen and oxygen atoms in total. The van der Waals surface area contributed by atoms with Crippen LogP contribution in [0, 0.1) is 6.92 Å². The molecule has 0 saturated carbocycles. The first-order chi connectivity index (χ1) is 13.6. The van der Waals surface area contributed by atoms with E-state index in [2.05, 4.69) is 16.5 Å². The van der Waals surface area contributed by atoms with Crippen LogP contribution in [-0.2, 0) is 11.3 Å². The molecular weight excluding hydrogens is 358 g/mol. The van der Waals surface area contributed by atoms with E-state index in [1.165, 1.54) is 0 Å². The number of nitrogens with zero attached hydrogens (tertiary/aromatic N) is 3. The zero-order valence-corrected chi connectivity index (χ0v) is 17.1. The fraction of sp³-hybridized carbons (Fsp3) is 0.524. The van der Waals surface area contributed by atoms with Crippen molar-refractivity contribution in [1.29, 1.82) is 0 Å². The van der Waals surface area contributed by atoms with Gasteiger partial charge in [-0.2, -0.15) is 0 Å². The number of amides is 1. The fourth-order valence-electron chi connectivity index (χ4n) is 3.76. The number of hydrogen-bond donors (Lipinski definition) is 0. The quantitative estimate of drug-likeness (QED) is 0.652. The summed E-state index contributed by atoms with van der Waals surface area (Å²) in [7, 11) is 4.88. The van der Waals surface area contributed by atoms with Crippen molar-refractivity contribution in [3.63, 3.8) is 0 Å². The summed E-state index contributed by atoms with van der Waals surface area (Å²) in [4.78, 5) is 19.6. The molecule has 1 aliphatic rings. The molecule has 1 unspecified atom stereocenters. The van der Waals surface area contributed by atoms with E-state index in [0.717, 1.165) is 37.5 Å². The number of methoxy groups -OCH3 is 3. The standard InChI is InChI=1S/C21H29N3O4/c1-15-13-22-20(24(15)9-5-11-26-2)16-8-10-23(14-16)21(25)18-7-6-17(27-3)12-19(18)28-4/h6-7,12-13,16H,5,8-11,14H2,1-4H3. The molecule has 0 aliphatic carbocycles. The Balaban J connectivity index is 1.73. The summed E-state index contributed by atoms with van der Waals surface area (Å²) >= 11 is 0. The van der Waals surface area contributed by atoms with Crippen LogP contribution < -0.4 is 9.47 Å². The van der Waals surface area contributed by atoms with E-state index in [0.29, 0.717) is 30.2 Å². The number of aryl methyl sites for hydroxylation is 1. The van der Waals surface area contributed by atoms with Gasteiger partial charge in [-0.05, 0) is 31.9 Å². The maximum absolute atomic E-state index is 13.1. The van der Waals surface area contributed by atoms with Crippen LogP contribution in [0.3, 0.4) is 0 Å². The minimum Gasteiger partial charge on any atom is -0.497 e. The van der Waals surface area contributed by atoms with E-state index in [9.17, 15) is 4.79 Å². The first kappa shape index (κ1) is 20.2. The lowest BCUT2D eigenvalue weighted by Gasteiger charge is -2.19. The van der Waals surface area contributed by atoms with Gasteiger partial charge in [0.15, 0.2) is 0 Å². The Morgan fingerprint density at radius 3 is 2.79 bits per heavy atom. The fourth-order valence-corrected chi connectivity index (χ4v) is 3.76. The molecule has 0 N–H and O–H groups in total. The van der Waals surface area contributed by atoms with Gasteiger partial charge in [0.05, 0.1) is 19.8 Å². The van der Waals surface area contributed by atoms with Gasteiger partial charge < -0.3 is 23.7 Å². The minimum atomic E-state index is -0.0174. The molecule has 1 atom stereocenters. The Kier molecular flexibility index (Phi) is 6.57. The Morgan fingerprint density at radius 1 is 1.25 bits per heavy atom. The van der Waals surface area contributed by atoms with Crippen LogP contribution in [0.4, 0.5) is 0 Å². The number of carbonyl (C=O) groups excluding carboxylic acids is 1. The van der Waals surface area contributed by atoms with Crippen LogP contribution in [0.25, 0.3) is 0 Å². The topological polar surface area (TPSA) is 65.8 Å². The highest BCUT2D eigenvalue weighted by Crippen LogP contribution is 2.31. The van der Waals surface area contributed by atoms with Gasteiger partial charge in [0, 0.05) is 57.2 Å². The molecule has 0 bridgehead atoms. The number of hydrogen-bond acceptors (Lipinski definition) is 5. The Morgan fingerprint density at radius 2 is 2.07 bits per heavy atom. The van der Waals surface area contributed by atoms with Gasteiger partial charge in [-0.1, -0.05) is 0 Å². The molecule has 1 saturated heterocycles. The summed E-state index contributed by atoms with van der Waals surface area (Å²) in [6.07, 6.45) is 3.77. The molecule has 2 heterocycles. The molecule has 0 radical (unpaired) electrons. The Labute approximate surface area is 166 Å². The van der Waals surface area contributed by atoms with Crippen molar-refractivity contribution in [3.05, 3.63) is 41.5 Å². The third-order valence-corrected chi connectivity index (χ3v) is 5.30. The predicted molar refractivity (Wildman–Crippen MR) is 106 cm³/mol. The van der Waals surface area contributed by atoms with Crippen LogP contribution >= 0.6 is 0 Å². The van der Waals surface area contributed by atoms with E-state index in [4.69, 9.17) is 14.2 Å². The van der Waals surface area contributed by atoms with Crippen molar-refractivity contribution < 1.29 is 19.0 Å². The number of carbonyl (C=O) groups is 1. The molecule has 1 aromatic carbocycles. The third kappa shape index (κ3) is 4.14. The zero-order valence-electron chi connectivity index (χ0n) is 17.1. The monoisotopic (exact) mass is 387 g/mol. The van der Waals surface area contributed by atoms with Crippen molar-refractivity contribution >= 4 is 5.91 Å². The largest absolute Gasteiger partial charge is 0.497 e. The first-order valence-corrected chi connectivity index (χ1v) is 9.61. The third-order valence-electron chi connectivity index (χ3n) is 5.30. The first-order valence-electron chi connectivity index (χ1n) is 9.61. The normalized spacial score (nSPS) is 16.4. The highest BCUT2D eigenvalue weighted by atomic mass is 16.5. The molecule has 2 aromatic rings. The second kappa shape index (κ2) is 9.10. The number of likely N-dealkylation sites (tertiary alicyclic amines) is 1. The van der Waals surface area contributed by atoms with E-state index < -0.39 is 0 Å². The summed E-state index contributed by atoms with van der Waals surface area (Å²) in [5.41, 5.74) is 1.70. The second-order valence-corrected chi connectivity index (χ2v) is 7.06. The van der Waals surface area contributed by atoms with Crippen LogP contribution in [0.5, 0.6) is 11.5 Å². The molecule has 1 amide bonds. The van der Waals surface area contributed by atoms with Gasteiger partial charge in [-0.3, -0.25) is 4.79 Å². The molecule has 1 fully saturated rings. The smallest absolute Gasteiger partial charge is 0.257 e. The van der Waals surface area contributed by atoms with Crippen LogP contribution in [0.2, 0.25) is 0 Å². The van der Waals surface area contributed by atoms with E-state index in [1.54, 1.807) is 39.5 Å². The number of imidazole rings is 1. The van der Waals surface area contributed by atoms with Gasteiger partial charge in [0.1, 0.15) is 17.3 Å². The van der Waals surface area contributed by atoms with Crippen molar-refractivity contribution in [2.75, 3.05) is 41.0 Å². The maximum Gasteiger partial charge on any atom is 0.257 e. The molecule has 152 valence electrons. The highest BCUT2D eigenvalue weighted by Gasteiger charge is 2.32. The molecular formula is C21H29N3O4. The molecule has 3 rings (SSSR count). The van der Waals surface area contributed by atoms with Crippen LogP contribution in [-0.4, -0.2) is 61.4 Å². The van der Waals surface area contributed by atoms with Gasteiger partial charge >= 0.3 is 0 Å². The average molecular weight is 387 g/mol. The lowest BCUT2D eigenvalue weighted by Crippen LogP contribution is -2.29. The van der Waals surface area contributed by atoms with Gasteiger partial charge in [0.25, 0.3) is 5.91 Å². The summed E-state index contributed by atoms with van der Waals surface area (Å²) < 4.78 is 18.1. The van der Waals surface area contributed by atoms with Crippen molar-refractivity contribution in [2.24, 2.45) is 0 Å². The maximum atomic E-state index is 13.1. The van der Waals surface area contributed by atoms with E-state index in [1.807, 2.05) is 11.1 Å². The van der Waals surface area contributed by atoms with Gasteiger partial charge in [-0.15, -0.1) is 0 Å². The number of aromatic nitrogens is 2. The summed E-state index contributed by atoms with van der Waals surface area (Å²) in [6.45, 7) is 5.05. The average Bonchev–Trinajstić information content (AvgIpc) is 3.34. The molecule has 7 heteroatoms. The van der Waals surface area contributed by atoms with Gasteiger partial charge in [0.2, 0.25) is 0 Å². The van der Waals surface area contributed by atoms with Crippen LogP contribution in [0.15, 0.2) is 24.4 Å². The SMILES string of the molecule is COCCCn1c(C)cnc1C1CCN(C(=O)c2ccc(OC)cc2OC)C1. The Hall–Kier alpha value is -2.54. The molecule has 1 aromatic heterocycles. The number of rotatable bonds is 8. The van der Waals surface area contributed by atoms with Crippen LogP contribution in [0.1, 0.15) is 40.6 Å². The zero-order chi connectivity index (χ0) is 20.1. The van der Waals surface area contributed by atoms with Crippen molar-refractivity contribution in [1.82, 2.24) is 14.5 Å². The lowest BCUT2D eigenvalue weighted by molar-refractivity contribution is 0.0787. The number of ether oxygens (including phenoxy) is 3. The summed E-state index contributed by atoms with van der Waals surface area (Å²) in [5, 5.41) is 0. The molecule has 1 aliphatic heterocycles. The summed E-state index contributed by atoms with van der Waals surface area (Å²) in [5.74, 6) is 2.48. The van der Waals surface area contributed by atoms with Gasteiger partial charge in [-0.25, -0.2) is 4.98 Å². The summed E-state index contributed by atoms with van der Waals surface area (Å²) in [6, 6.07) is 5.30. The van der Waals surface area contributed by atoms with Crippen molar-refractivity contribution in [2.45, 2.75) is 32.2 Å². The minimum absolute atomic E-state index is 0.0174. The molecule has 28 heavy (non-hydrogen) atoms. The van der Waals surface area contributed by atoms with E-state index in [-0.39, 0.29) is 11.8 Å².